The van der Waals surface area contributed by atoms with E-state index in [2.05, 4.69) is 26.3 Å². The number of ether oxygens (including phenoxy) is 2. The van der Waals surface area contributed by atoms with Gasteiger partial charge in [0.25, 0.3) is 0 Å². The molecule has 0 aliphatic rings. The van der Waals surface area contributed by atoms with Crippen molar-refractivity contribution in [3.63, 3.8) is 0 Å². The minimum Gasteiger partial charge on any atom is -0.492 e. The van der Waals surface area contributed by atoms with Crippen LogP contribution in [0.4, 0.5) is 5.82 Å². The molecule has 140 valence electrons. The Balaban J connectivity index is 1.84. The Kier molecular flexibility index (Phi) is 7.47. The predicted molar refractivity (Wildman–Crippen MR) is 102 cm³/mol. The number of halogens is 2. The smallest absolute Gasteiger partial charge is 0.343 e. The van der Waals surface area contributed by atoms with E-state index in [1.165, 1.54) is 10.9 Å². The van der Waals surface area contributed by atoms with E-state index in [0.717, 1.165) is 4.47 Å². The van der Waals surface area contributed by atoms with E-state index in [4.69, 9.17) is 21.1 Å². The Morgan fingerprint density at radius 2 is 2.15 bits per heavy atom. The van der Waals surface area contributed by atoms with Crippen LogP contribution in [0.25, 0.3) is 0 Å². The molecule has 0 bridgehead atoms. The molecule has 26 heavy (non-hydrogen) atoms. The number of aryl methyl sites for hydroxylation is 1. The van der Waals surface area contributed by atoms with Gasteiger partial charge >= 0.3 is 5.97 Å². The van der Waals surface area contributed by atoms with Gasteiger partial charge in [0.1, 0.15) is 17.1 Å². The molecule has 9 heteroatoms. The molecule has 0 atom stereocenters. The van der Waals surface area contributed by atoms with E-state index in [1.54, 1.807) is 32.2 Å². The van der Waals surface area contributed by atoms with E-state index in [9.17, 15) is 9.59 Å². The van der Waals surface area contributed by atoms with Gasteiger partial charge in [0.2, 0.25) is 5.91 Å². The number of nitrogens with zero attached hydrogens (tertiary/aromatic N) is 2. The van der Waals surface area contributed by atoms with Gasteiger partial charge in [-0.1, -0.05) is 11.6 Å². The molecule has 1 amide bonds. The molecule has 2 rings (SSSR count). The first-order chi connectivity index (χ1) is 12.4. The second kappa shape index (κ2) is 9.59. The molecule has 0 fully saturated rings. The Bertz CT molecular complexity index is 794. The number of esters is 1. The number of aromatic nitrogens is 2. The van der Waals surface area contributed by atoms with Gasteiger partial charge in [-0.15, -0.1) is 0 Å². The van der Waals surface area contributed by atoms with Crippen molar-refractivity contribution in [2.24, 2.45) is 7.05 Å². The van der Waals surface area contributed by atoms with Crippen LogP contribution >= 0.6 is 27.5 Å². The summed E-state index contributed by atoms with van der Waals surface area (Å²) < 4.78 is 12.7. The maximum absolute atomic E-state index is 12.1. The maximum Gasteiger partial charge on any atom is 0.343 e. The highest BCUT2D eigenvalue weighted by Gasteiger charge is 2.19. The van der Waals surface area contributed by atoms with Crippen molar-refractivity contribution in [2.45, 2.75) is 19.8 Å². The minimum absolute atomic E-state index is 0.226. The zero-order valence-electron chi connectivity index (χ0n) is 14.4. The zero-order valence-corrected chi connectivity index (χ0v) is 16.8. The summed E-state index contributed by atoms with van der Waals surface area (Å²) in [4.78, 5) is 24.0. The Labute approximate surface area is 164 Å². The Morgan fingerprint density at radius 3 is 2.85 bits per heavy atom. The van der Waals surface area contributed by atoms with Crippen molar-refractivity contribution in [2.75, 3.05) is 18.5 Å². The molecule has 0 saturated carbocycles. The van der Waals surface area contributed by atoms with Gasteiger partial charge in [-0.3, -0.25) is 9.48 Å². The minimum atomic E-state index is -0.521. The summed E-state index contributed by atoms with van der Waals surface area (Å²) in [6.45, 7) is 2.33. The first kappa shape index (κ1) is 20.3. The van der Waals surface area contributed by atoms with E-state index in [-0.39, 0.29) is 24.5 Å². The summed E-state index contributed by atoms with van der Waals surface area (Å²) in [5.74, 6) is 0.214. The van der Waals surface area contributed by atoms with Crippen LogP contribution in [0.2, 0.25) is 5.02 Å². The third-order valence-corrected chi connectivity index (χ3v) is 4.25. The fourth-order valence-electron chi connectivity index (χ4n) is 2.15. The van der Waals surface area contributed by atoms with Crippen molar-refractivity contribution in [3.8, 4) is 5.75 Å². The van der Waals surface area contributed by atoms with Crippen LogP contribution in [0, 0.1) is 0 Å². The quantitative estimate of drug-likeness (QED) is 0.494. The number of hydrogen-bond donors (Lipinski definition) is 1. The molecule has 0 radical (unpaired) electrons. The number of rotatable bonds is 8. The number of anilines is 1. The monoisotopic (exact) mass is 443 g/mol. The lowest BCUT2D eigenvalue weighted by molar-refractivity contribution is -0.116. The van der Waals surface area contributed by atoms with E-state index in [0.29, 0.717) is 29.6 Å². The first-order valence-corrected chi connectivity index (χ1v) is 9.16. The highest BCUT2D eigenvalue weighted by Crippen LogP contribution is 2.28. The van der Waals surface area contributed by atoms with Crippen LogP contribution in [0.1, 0.15) is 30.1 Å². The van der Waals surface area contributed by atoms with Gasteiger partial charge in [0.05, 0.1) is 23.9 Å². The average molecular weight is 445 g/mol. The molecular weight excluding hydrogens is 426 g/mol. The van der Waals surface area contributed by atoms with Gasteiger partial charge < -0.3 is 14.8 Å². The van der Waals surface area contributed by atoms with Crippen LogP contribution in [0.15, 0.2) is 28.9 Å². The number of nitrogens with one attached hydrogen (secondary N) is 1. The molecule has 7 nitrogen and oxygen atoms in total. The summed E-state index contributed by atoms with van der Waals surface area (Å²) in [7, 11) is 1.64. The van der Waals surface area contributed by atoms with E-state index in [1.807, 2.05) is 0 Å². The van der Waals surface area contributed by atoms with Crippen LogP contribution in [0.3, 0.4) is 0 Å². The SMILES string of the molecule is CCOC(=O)c1cnn(C)c1NC(=O)CCCOc1ccc(Cl)cc1Br. The largest absolute Gasteiger partial charge is 0.492 e. The number of carbonyl (C=O) groups is 2. The predicted octanol–water partition coefficient (Wildman–Crippen LogP) is 3.81. The molecule has 1 heterocycles. The van der Waals surface area contributed by atoms with E-state index >= 15 is 0 Å². The summed E-state index contributed by atoms with van der Waals surface area (Å²) in [5, 5.41) is 7.29. The highest BCUT2D eigenvalue weighted by atomic mass is 79.9. The van der Waals surface area contributed by atoms with Crippen LogP contribution < -0.4 is 10.1 Å². The van der Waals surface area contributed by atoms with Crippen molar-refractivity contribution in [1.82, 2.24) is 9.78 Å². The van der Waals surface area contributed by atoms with Crippen molar-refractivity contribution in [1.29, 1.82) is 0 Å². The average Bonchev–Trinajstić information content (AvgIpc) is 2.94. The molecule has 0 saturated heterocycles. The normalized spacial score (nSPS) is 10.5. The zero-order chi connectivity index (χ0) is 19.1. The summed E-state index contributed by atoms with van der Waals surface area (Å²) in [6.07, 6.45) is 2.11. The highest BCUT2D eigenvalue weighted by molar-refractivity contribution is 9.10. The first-order valence-electron chi connectivity index (χ1n) is 7.99. The van der Waals surface area contributed by atoms with Crippen LogP contribution in [-0.4, -0.2) is 34.9 Å². The fraction of sp³-hybridized carbons (Fsp3) is 0.353. The summed E-state index contributed by atoms with van der Waals surface area (Å²) >= 11 is 9.24. The molecule has 1 aromatic heterocycles. The van der Waals surface area contributed by atoms with Crippen LogP contribution in [0.5, 0.6) is 5.75 Å². The number of benzene rings is 1. The molecular formula is C17H19BrClN3O4. The fourth-order valence-corrected chi connectivity index (χ4v) is 2.94. The lowest BCUT2D eigenvalue weighted by Gasteiger charge is -2.10. The van der Waals surface area contributed by atoms with Gasteiger partial charge in [0.15, 0.2) is 0 Å². The second-order valence-corrected chi connectivity index (χ2v) is 6.62. The number of carbonyl (C=O) groups excluding carboxylic acids is 2. The third kappa shape index (κ3) is 5.47. The lowest BCUT2D eigenvalue weighted by atomic mass is 10.3. The molecule has 0 aliphatic carbocycles. The topological polar surface area (TPSA) is 82.5 Å². The molecule has 0 aliphatic heterocycles. The molecule has 0 spiro atoms. The van der Waals surface area contributed by atoms with Gasteiger partial charge in [-0.2, -0.15) is 5.10 Å². The third-order valence-electron chi connectivity index (χ3n) is 3.39. The number of amides is 1. The Morgan fingerprint density at radius 1 is 1.38 bits per heavy atom. The lowest BCUT2D eigenvalue weighted by Crippen LogP contribution is -2.18. The van der Waals surface area contributed by atoms with Crippen molar-refractivity contribution in [3.05, 3.63) is 39.5 Å². The second-order valence-electron chi connectivity index (χ2n) is 5.33. The molecule has 2 aromatic rings. The maximum atomic E-state index is 12.1. The van der Waals surface area contributed by atoms with Gasteiger partial charge in [0, 0.05) is 18.5 Å². The summed E-state index contributed by atoms with van der Waals surface area (Å²) in [5.41, 5.74) is 0.226. The number of hydrogen-bond acceptors (Lipinski definition) is 5. The van der Waals surface area contributed by atoms with Gasteiger partial charge in [-0.25, -0.2) is 4.79 Å². The van der Waals surface area contributed by atoms with E-state index < -0.39 is 5.97 Å². The summed E-state index contributed by atoms with van der Waals surface area (Å²) in [6, 6.07) is 5.23. The van der Waals surface area contributed by atoms with Crippen molar-refractivity contribution >= 4 is 45.2 Å². The molecule has 0 unspecified atom stereocenters. The van der Waals surface area contributed by atoms with Crippen LogP contribution in [-0.2, 0) is 16.6 Å². The molecule has 1 N–H and O–H groups in total. The van der Waals surface area contributed by atoms with Gasteiger partial charge in [-0.05, 0) is 47.5 Å². The van der Waals surface area contributed by atoms with Crippen molar-refractivity contribution < 1.29 is 19.1 Å². The molecule has 1 aromatic carbocycles. The standard InChI is InChI=1S/C17H19BrClN3O4/c1-3-25-17(24)12-10-20-22(2)16(12)21-15(23)5-4-8-26-14-7-6-11(19)9-13(14)18/h6-7,9-10H,3-5,8H2,1-2H3,(H,21,23). The Hall–Kier alpha value is -2.06.